The maximum atomic E-state index is 13.0. The van der Waals surface area contributed by atoms with Crippen LogP contribution in [0.3, 0.4) is 0 Å². The summed E-state index contributed by atoms with van der Waals surface area (Å²) in [7, 11) is -3.71. The second kappa shape index (κ2) is 8.21. The molecule has 144 valence electrons. The zero-order valence-corrected chi connectivity index (χ0v) is 16.2. The van der Waals surface area contributed by atoms with Gasteiger partial charge in [0.2, 0.25) is 10.0 Å². The normalized spacial score (nSPS) is 21.0. The number of esters is 1. The van der Waals surface area contributed by atoms with E-state index in [1.165, 1.54) is 16.4 Å². The van der Waals surface area contributed by atoms with Gasteiger partial charge in [0.05, 0.1) is 22.7 Å². The molecule has 0 radical (unpaired) electrons. The summed E-state index contributed by atoms with van der Waals surface area (Å²) in [5.74, 6) is -0.556. The predicted octanol–water partition coefficient (Wildman–Crippen LogP) is 2.84. The summed E-state index contributed by atoms with van der Waals surface area (Å²) in [6.45, 7) is 4.39. The maximum absolute atomic E-state index is 13.0. The number of sulfonamides is 1. The van der Waals surface area contributed by atoms with Crippen molar-refractivity contribution in [1.29, 1.82) is 0 Å². The molecule has 0 aromatic heterocycles. The molecule has 2 atom stereocenters. The van der Waals surface area contributed by atoms with Gasteiger partial charge >= 0.3 is 5.97 Å². The average Bonchev–Trinajstić information content (AvgIpc) is 2.66. The first-order chi connectivity index (χ1) is 12.9. The topological polar surface area (TPSA) is 72.9 Å². The van der Waals surface area contributed by atoms with Crippen molar-refractivity contribution in [1.82, 2.24) is 4.31 Å². The minimum absolute atomic E-state index is 0.0814. The third-order valence-electron chi connectivity index (χ3n) is 4.31. The molecular weight excluding hydrogens is 366 g/mol. The summed E-state index contributed by atoms with van der Waals surface area (Å²) < 4.78 is 38.2. The summed E-state index contributed by atoms with van der Waals surface area (Å²) in [5, 5.41) is 0. The Morgan fingerprint density at radius 3 is 2.41 bits per heavy atom. The van der Waals surface area contributed by atoms with Crippen LogP contribution in [0.5, 0.6) is 0 Å². The van der Waals surface area contributed by atoms with Gasteiger partial charge in [-0.15, -0.1) is 0 Å². The molecule has 3 rings (SSSR count). The van der Waals surface area contributed by atoms with Crippen molar-refractivity contribution in [3.05, 3.63) is 65.7 Å². The van der Waals surface area contributed by atoms with E-state index in [1.54, 1.807) is 12.1 Å². The molecule has 0 saturated carbocycles. The monoisotopic (exact) mass is 389 g/mol. The Morgan fingerprint density at radius 2 is 1.74 bits per heavy atom. The van der Waals surface area contributed by atoms with Crippen molar-refractivity contribution >= 4 is 16.0 Å². The second-order valence-electron chi connectivity index (χ2n) is 6.67. The molecule has 0 spiro atoms. The van der Waals surface area contributed by atoms with Crippen LogP contribution in [0.4, 0.5) is 0 Å². The van der Waals surface area contributed by atoms with Gasteiger partial charge in [-0.05, 0) is 37.6 Å². The Morgan fingerprint density at radius 1 is 1.07 bits per heavy atom. The fraction of sp³-hybridized carbons (Fsp3) is 0.350. The van der Waals surface area contributed by atoms with E-state index >= 15 is 0 Å². The Labute approximate surface area is 159 Å². The van der Waals surface area contributed by atoms with Gasteiger partial charge < -0.3 is 9.47 Å². The van der Waals surface area contributed by atoms with E-state index < -0.39 is 16.0 Å². The Kier molecular flexibility index (Phi) is 5.94. The number of hydrogen-bond acceptors (Lipinski definition) is 5. The van der Waals surface area contributed by atoms with Crippen molar-refractivity contribution < 1.29 is 22.7 Å². The molecule has 0 bridgehead atoms. The van der Waals surface area contributed by atoms with Crippen LogP contribution in [0, 0.1) is 0 Å². The molecule has 0 unspecified atom stereocenters. The van der Waals surface area contributed by atoms with Crippen LogP contribution in [-0.2, 0) is 26.1 Å². The van der Waals surface area contributed by atoms with Gasteiger partial charge in [-0.1, -0.05) is 36.4 Å². The minimum Gasteiger partial charge on any atom is -0.457 e. The fourth-order valence-corrected chi connectivity index (χ4v) is 4.70. The van der Waals surface area contributed by atoms with E-state index in [9.17, 15) is 13.2 Å². The first kappa shape index (κ1) is 19.5. The number of benzene rings is 2. The number of hydrogen-bond donors (Lipinski definition) is 0. The first-order valence-corrected chi connectivity index (χ1v) is 10.3. The van der Waals surface area contributed by atoms with Crippen molar-refractivity contribution in [2.75, 3.05) is 13.1 Å². The lowest BCUT2D eigenvalue weighted by Gasteiger charge is -2.34. The molecule has 27 heavy (non-hydrogen) atoms. The highest BCUT2D eigenvalue weighted by molar-refractivity contribution is 7.89. The average molecular weight is 389 g/mol. The van der Waals surface area contributed by atoms with Crippen molar-refractivity contribution in [2.24, 2.45) is 0 Å². The predicted molar refractivity (Wildman–Crippen MR) is 101 cm³/mol. The van der Waals surface area contributed by atoms with E-state index in [2.05, 4.69) is 0 Å². The highest BCUT2D eigenvalue weighted by Gasteiger charge is 2.32. The first-order valence-electron chi connectivity index (χ1n) is 8.83. The zero-order chi connectivity index (χ0) is 19.4. The van der Waals surface area contributed by atoms with Gasteiger partial charge in [-0.25, -0.2) is 13.2 Å². The number of carbonyl (C=O) groups is 1. The number of carbonyl (C=O) groups excluding carboxylic acids is 1. The quantitative estimate of drug-likeness (QED) is 0.736. The van der Waals surface area contributed by atoms with Crippen molar-refractivity contribution in [3.63, 3.8) is 0 Å². The van der Waals surface area contributed by atoms with Crippen LogP contribution in [0.25, 0.3) is 0 Å². The second-order valence-corrected chi connectivity index (χ2v) is 8.61. The van der Waals surface area contributed by atoms with E-state index in [4.69, 9.17) is 9.47 Å². The summed E-state index contributed by atoms with van der Waals surface area (Å²) in [5.41, 5.74) is 1.08. The van der Waals surface area contributed by atoms with Crippen LogP contribution in [0.2, 0.25) is 0 Å². The fourth-order valence-electron chi connectivity index (χ4n) is 3.07. The third-order valence-corrected chi connectivity index (χ3v) is 6.13. The van der Waals surface area contributed by atoms with Gasteiger partial charge in [0, 0.05) is 13.1 Å². The molecular formula is C20H23NO5S. The summed E-state index contributed by atoms with van der Waals surface area (Å²) >= 11 is 0. The third kappa shape index (κ3) is 4.74. The molecule has 0 N–H and O–H groups in total. The molecule has 1 aliphatic heterocycles. The molecule has 0 aliphatic carbocycles. The molecule has 6 nitrogen and oxygen atoms in total. The molecule has 1 saturated heterocycles. The van der Waals surface area contributed by atoms with Crippen LogP contribution in [-0.4, -0.2) is 44.0 Å². The number of rotatable bonds is 5. The zero-order valence-electron chi connectivity index (χ0n) is 15.4. The highest BCUT2D eigenvalue weighted by atomic mass is 32.2. The summed E-state index contributed by atoms with van der Waals surface area (Å²) in [6, 6.07) is 15.3. The Hall–Kier alpha value is -2.22. The molecule has 7 heteroatoms. The standard InChI is InChI=1S/C20H23NO5S/c1-15-12-21(13-16(2)26-15)27(23,24)19-10-6-9-18(11-19)20(22)25-14-17-7-4-3-5-8-17/h3-11,15-16H,12-14H2,1-2H3/t15-,16-/m1/s1. The lowest BCUT2D eigenvalue weighted by molar-refractivity contribution is -0.0440. The van der Waals surface area contributed by atoms with Crippen LogP contribution < -0.4 is 0 Å². The van der Waals surface area contributed by atoms with Gasteiger partial charge in [0.25, 0.3) is 0 Å². The SMILES string of the molecule is C[C@@H]1CN(S(=O)(=O)c2cccc(C(=O)OCc3ccccc3)c2)C[C@@H](C)O1. The van der Waals surface area contributed by atoms with E-state index in [1.807, 2.05) is 44.2 Å². The van der Waals surface area contributed by atoms with E-state index in [0.29, 0.717) is 0 Å². The minimum atomic E-state index is -3.71. The lowest BCUT2D eigenvalue weighted by Crippen LogP contribution is -2.48. The largest absolute Gasteiger partial charge is 0.457 e. The van der Waals surface area contributed by atoms with Gasteiger partial charge in [0.15, 0.2) is 0 Å². The Balaban J connectivity index is 1.75. The number of morpholine rings is 1. The van der Waals surface area contributed by atoms with Gasteiger partial charge in [-0.2, -0.15) is 4.31 Å². The molecule has 2 aromatic rings. The number of nitrogens with zero attached hydrogens (tertiary/aromatic N) is 1. The van der Waals surface area contributed by atoms with Crippen molar-refractivity contribution in [2.45, 2.75) is 37.6 Å². The van der Waals surface area contributed by atoms with Gasteiger partial charge in [-0.3, -0.25) is 0 Å². The van der Waals surface area contributed by atoms with Crippen molar-refractivity contribution in [3.8, 4) is 0 Å². The van der Waals surface area contributed by atoms with Crippen LogP contribution in [0.15, 0.2) is 59.5 Å². The maximum Gasteiger partial charge on any atom is 0.338 e. The van der Waals surface area contributed by atoms with E-state index in [-0.39, 0.29) is 42.4 Å². The van der Waals surface area contributed by atoms with Crippen LogP contribution >= 0.6 is 0 Å². The smallest absolute Gasteiger partial charge is 0.338 e. The van der Waals surface area contributed by atoms with Crippen LogP contribution in [0.1, 0.15) is 29.8 Å². The Bertz CT molecular complexity index is 888. The molecule has 2 aromatic carbocycles. The molecule has 1 heterocycles. The highest BCUT2D eigenvalue weighted by Crippen LogP contribution is 2.22. The lowest BCUT2D eigenvalue weighted by atomic mass is 10.2. The summed E-state index contributed by atoms with van der Waals surface area (Å²) in [6.07, 6.45) is -0.356. The molecule has 1 aliphatic rings. The summed E-state index contributed by atoms with van der Waals surface area (Å²) in [4.78, 5) is 12.4. The molecule has 0 amide bonds. The number of ether oxygens (including phenoxy) is 2. The van der Waals surface area contributed by atoms with Gasteiger partial charge in [0.1, 0.15) is 6.61 Å². The van der Waals surface area contributed by atoms with E-state index in [0.717, 1.165) is 5.56 Å². The molecule has 1 fully saturated rings.